The molecule has 2 heterocycles. The molecule has 1 aromatic heterocycles. The maximum absolute atomic E-state index is 12.6. The Hall–Kier alpha value is -3.86. The highest BCUT2D eigenvalue weighted by Crippen LogP contribution is 2.32. The highest BCUT2D eigenvalue weighted by atomic mass is 16.5. The van der Waals surface area contributed by atoms with E-state index in [1.165, 1.54) is 12.1 Å². The summed E-state index contributed by atoms with van der Waals surface area (Å²) in [5, 5.41) is 3.90. The van der Waals surface area contributed by atoms with Crippen LogP contribution in [0.5, 0.6) is 11.5 Å². The molecule has 1 aliphatic rings. The lowest BCUT2D eigenvalue weighted by Crippen LogP contribution is -2.36. The Bertz CT molecular complexity index is 1220. The number of anilines is 1. The second kappa shape index (κ2) is 8.48. The molecule has 0 aliphatic carbocycles. The molecule has 4 aromatic rings. The smallest absolute Gasteiger partial charge is 0.251 e. The highest BCUT2D eigenvalue weighted by Gasteiger charge is 2.16. The van der Waals surface area contributed by atoms with Crippen molar-refractivity contribution in [1.82, 2.24) is 10.3 Å². The molecule has 5 rings (SSSR count). The summed E-state index contributed by atoms with van der Waals surface area (Å²) in [4.78, 5) is 19.4. The van der Waals surface area contributed by atoms with E-state index in [0.29, 0.717) is 17.9 Å². The first-order valence-corrected chi connectivity index (χ1v) is 10.5. The maximum Gasteiger partial charge on any atom is 0.251 e. The molecule has 3 aromatic carbocycles. The van der Waals surface area contributed by atoms with E-state index in [1.54, 1.807) is 18.3 Å². The van der Waals surface area contributed by atoms with Crippen LogP contribution in [-0.2, 0) is 6.54 Å². The number of ether oxygens (including phenoxy) is 1. The molecule has 0 atom stereocenters. The van der Waals surface area contributed by atoms with Crippen molar-refractivity contribution in [3.63, 3.8) is 0 Å². The average molecular weight is 409 g/mol. The fraction of sp³-hybridized carbons (Fsp3) is 0.154. The van der Waals surface area contributed by atoms with Crippen LogP contribution >= 0.6 is 0 Å². The van der Waals surface area contributed by atoms with E-state index in [-0.39, 0.29) is 5.91 Å². The van der Waals surface area contributed by atoms with Gasteiger partial charge in [-0.05, 0) is 54.4 Å². The molecule has 1 saturated heterocycles. The second-order valence-corrected chi connectivity index (χ2v) is 7.65. The van der Waals surface area contributed by atoms with Crippen molar-refractivity contribution in [1.29, 1.82) is 0 Å². The minimum Gasteiger partial charge on any atom is -0.457 e. The van der Waals surface area contributed by atoms with Crippen LogP contribution < -0.4 is 15.0 Å². The van der Waals surface area contributed by atoms with E-state index in [4.69, 9.17) is 4.74 Å². The quantitative estimate of drug-likeness (QED) is 0.477. The Kier molecular flexibility index (Phi) is 5.23. The SMILES string of the molecule is O=C(NCc1ccccc1)c1cccc(Oc2ccnc3cc(N4CCC4)ccc23)c1. The van der Waals surface area contributed by atoms with Crippen LogP contribution in [-0.4, -0.2) is 24.0 Å². The predicted octanol–water partition coefficient (Wildman–Crippen LogP) is 5.17. The number of hydrogen-bond acceptors (Lipinski definition) is 4. The summed E-state index contributed by atoms with van der Waals surface area (Å²) in [6.45, 7) is 2.68. The number of hydrogen-bond donors (Lipinski definition) is 1. The molecule has 0 spiro atoms. The van der Waals surface area contributed by atoms with Gasteiger partial charge < -0.3 is 15.0 Å². The topological polar surface area (TPSA) is 54.5 Å². The highest BCUT2D eigenvalue weighted by molar-refractivity contribution is 5.94. The van der Waals surface area contributed by atoms with Crippen LogP contribution in [0, 0.1) is 0 Å². The number of amides is 1. The zero-order chi connectivity index (χ0) is 21.0. The third-order valence-corrected chi connectivity index (χ3v) is 5.53. The first kappa shape index (κ1) is 19.1. The Morgan fingerprint density at radius 2 is 1.84 bits per heavy atom. The molecule has 5 heteroatoms. The molecule has 1 fully saturated rings. The van der Waals surface area contributed by atoms with Gasteiger partial charge in [-0.2, -0.15) is 0 Å². The van der Waals surface area contributed by atoms with Gasteiger partial charge in [-0.25, -0.2) is 0 Å². The van der Waals surface area contributed by atoms with Crippen molar-refractivity contribution in [2.45, 2.75) is 13.0 Å². The van der Waals surface area contributed by atoms with Crippen LogP contribution in [0.1, 0.15) is 22.3 Å². The Labute approximate surface area is 181 Å². The number of carbonyl (C=O) groups is 1. The van der Waals surface area contributed by atoms with Crippen LogP contribution in [0.25, 0.3) is 10.9 Å². The summed E-state index contributed by atoms with van der Waals surface area (Å²) in [7, 11) is 0. The predicted molar refractivity (Wildman–Crippen MR) is 123 cm³/mol. The summed E-state index contributed by atoms with van der Waals surface area (Å²) >= 11 is 0. The monoisotopic (exact) mass is 409 g/mol. The molecule has 1 N–H and O–H groups in total. The van der Waals surface area contributed by atoms with Crippen molar-refractivity contribution in [3.8, 4) is 11.5 Å². The molecule has 0 radical (unpaired) electrons. The summed E-state index contributed by atoms with van der Waals surface area (Å²) in [5.41, 5.74) is 3.72. The Morgan fingerprint density at radius 3 is 2.65 bits per heavy atom. The molecule has 0 saturated carbocycles. The standard InChI is InChI=1S/C26H23N3O2/c30-26(28-18-19-6-2-1-3-7-19)20-8-4-9-22(16-20)31-25-12-13-27-24-17-21(10-11-23(24)25)29-14-5-15-29/h1-4,6-13,16-17H,5,14-15,18H2,(H,28,30). The molecule has 154 valence electrons. The van der Waals surface area contributed by atoms with Gasteiger partial charge in [0, 0.05) is 42.5 Å². The van der Waals surface area contributed by atoms with Gasteiger partial charge in [-0.1, -0.05) is 36.4 Å². The van der Waals surface area contributed by atoms with Gasteiger partial charge in [0.05, 0.1) is 5.52 Å². The van der Waals surface area contributed by atoms with E-state index in [9.17, 15) is 4.79 Å². The third-order valence-electron chi connectivity index (χ3n) is 5.53. The number of aromatic nitrogens is 1. The number of nitrogens with zero attached hydrogens (tertiary/aromatic N) is 2. The summed E-state index contributed by atoms with van der Waals surface area (Å²) in [5.74, 6) is 1.21. The zero-order valence-electron chi connectivity index (χ0n) is 17.1. The number of fused-ring (bicyclic) bond motifs is 1. The molecule has 0 bridgehead atoms. The summed E-state index contributed by atoms with van der Waals surface area (Å²) in [6, 6.07) is 25.2. The fourth-order valence-corrected chi connectivity index (χ4v) is 3.68. The minimum atomic E-state index is -0.131. The van der Waals surface area contributed by atoms with Crippen LogP contribution in [0.4, 0.5) is 5.69 Å². The normalized spacial score (nSPS) is 13.0. The fourth-order valence-electron chi connectivity index (χ4n) is 3.68. The zero-order valence-corrected chi connectivity index (χ0v) is 17.1. The van der Waals surface area contributed by atoms with Crippen molar-refractivity contribution >= 4 is 22.5 Å². The Morgan fingerprint density at radius 1 is 0.968 bits per heavy atom. The molecular formula is C26H23N3O2. The number of carbonyl (C=O) groups excluding carboxylic acids is 1. The van der Waals surface area contributed by atoms with Gasteiger partial charge >= 0.3 is 0 Å². The van der Waals surface area contributed by atoms with E-state index < -0.39 is 0 Å². The van der Waals surface area contributed by atoms with Crippen molar-refractivity contribution < 1.29 is 9.53 Å². The van der Waals surface area contributed by atoms with Gasteiger partial charge in [0.15, 0.2) is 0 Å². The summed E-state index contributed by atoms with van der Waals surface area (Å²) < 4.78 is 6.15. The third kappa shape index (κ3) is 4.21. The lowest BCUT2D eigenvalue weighted by atomic mass is 10.1. The molecular weight excluding hydrogens is 386 g/mol. The number of rotatable bonds is 6. The van der Waals surface area contributed by atoms with Crippen molar-refractivity contribution in [2.24, 2.45) is 0 Å². The maximum atomic E-state index is 12.6. The van der Waals surface area contributed by atoms with Gasteiger partial charge in [0.1, 0.15) is 11.5 Å². The lowest BCUT2D eigenvalue weighted by Gasteiger charge is -2.33. The van der Waals surface area contributed by atoms with Gasteiger partial charge in [0.25, 0.3) is 5.91 Å². The largest absolute Gasteiger partial charge is 0.457 e. The number of benzene rings is 3. The van der Waals surface area contributed by atoms with Gasteiger partial charge in [0.2, 0.25) is 0 Å². The molecule has 1 amide bonds. The number of nitrogens with one attached hydrogen (secondary N) is 1. The molecule has 1 aliphatic heterocycles. The molecule has 31 heavy (non-hydrogen) atoms. The van der Waals surface area contributed by atoms with Gasteiger partial charge in [-0.15, -0.1) is 0 Å². The Balaban J connectivity index is 1.33. The summed E-state index contributed by atoms with van der Waals surface area (Å²) in [6.07, 6.45) is 3.00. The molecule has 0 unspecified atom stereocenters. The van der Waals surface area contributed by atoms with Crippen molar-refractivity contribution in [2.75, 3.05) is 18.0 Å². The van der Waals surface area contributed by atoms with Gasteiger partial charge in [-0.3, -0.25) is 9.78 Å². The second-order valence-electron chi connectivity index (χ2n) is 7.65. The molecule has 5 nitrogen and oxygen atoms in total. The first-order valence-electron chi connectivity index (χ1n) is 10.5. The van der Waals surface area contributed by atoms with Crippen molar-refractivity contribution in [3.05, 3.63) is 96.2 Å². The lowest BCUT2D eigenvalue weighted by molar-refractivity contribution is 0.0950. The van der Waals surface area contributed by atoms with Crippen LogP contribution in [0.3, 0.4) is 0 Å². The average Bonchev–Trinajstić information content (AvgIpc) is 2.77. The van der Waals surface area contributed by atoms with E-state index >= 15 is 0 Å². The van der Waals surface area contributed by atoms with Crippen LogP contribution in [0.15, 0.2) is 85.1 Å². The van der Waals surface area contributed by atoms with Crippen LogP contribution in [0.2, 0.25) is 0 Å². The van der Waals surface area contributed by atoms with E-state index in [2.05, 4.69) is 33.4 Å². The van der Waals surface area contributed by atoms with E-state index in [0.717, 1.165) is 35.3 Å². The first-order chi connectivity index (χ1) is 15.3. The number of pyridine rings is 1. The van der Waals surface area contributed by atoms with E-state index in [1.807, 2.05) is 48.5 Å². The minimum absolute atomic E-state index is 0.131.